The molecular formula is C19H19F3N2O4. The number of ether oxygens (including phenoxy) is 2. The molecule has 0 aliphatic rings. The summed E-state index contributed by atoms with van der Waals surface area (Å²) >= 11 is 0. The molecule has 0 radical (unpaired) electrons. The maximum atomic E-state index is 12.6. The summed E-state index contributed by atoms with van der Waals surface area (Å²) in [5, 5.41) is 4.41. The van der Waals surface area contributed by atoms with Gasteiger partial charge in [-0.2, -0.15) is 13.2 Å². The van der Waals surface area contributed by atoms with Crippen molar-refractivity contribution in [1.82, 2.24) is 0 Å². The van der Waals surface area contributed by atoms with Crippen molar-refractivity contribution in [2.45, 2.75) is 20.0 Å². The predicted molar refractivity (Wildman–Crippen MR) is 97.9 cm³/mol. The fourth-order valence-electron chi connectivity index (χ4n) is 2.28. The minimum Gasteiger partial charge on any atom is -0.492 e. The molecule has 150 valence electrons. The minimum absolute atomic E-state index is 0.0353. The Kier molecular flexibility index (Phi) is 6.86. The van der Waals surface area contributed by atoms with Crippen molar-refractivity contribution >= 4 is 23.2 Å². The van der Waals surface area contributed by atoms with E-state index in [-0.39, 0.29) is 36.1 Å². The SMILES string of the molecule is CCOc1cc(NC(=O)C(F)(F)F)c(OCC)cc1NC(=O)c1ccccc1. The standard InChI is InChI=1S/C19H19F3N2O4/c1-3-27-15-11-14(24-18(26)19(20,21)22)16(28-4-2)10-13(15)23-17(25)12-8-6-5-7-9-12/h5-11H,3-4H2,1-2H3,(H,23,25)(H,24,26). The van der Waals surface area contributed by atoms with E-state index < -0.39 is 18.0 Å². The molecule has 0 aliphatic carbocycles. The van der Waals surface area contributed by atoms with Crippen LogP contribution in [0, 0.1) is 0 Å². The molecule has 0 fully saturated rings. The first kappa shape index (κ1) is 21.1. The smallest absolute Gasteiger partial charge is 0.471 e. The molecule has 9 heteroatoms. The van der Waals surface area contributed by atoms with E-state index in [9.17, 15) is 22.8 Å². The summed E-state index contributed by atoms with van der Waals surface area (Å²) in [7, 11) is 0. The van der Waals surface area contributed by atoms with Crippen molar-refractivity contribution in [3.63, 3.8) is 0 Å². The number of amides is 2. The number of hydrogen-bond acceptors (Lipinski definition) is 4. The van der Waals surface area contributed by atoms with E-state index in [2.05, 4.69) is 5.32 Å². The van der Waals surface area contributed by atoms with Crippen molar-refractivity contribution in [1.29, 1.82) is 0 Å². The highest BCUT2D eigenvalue weighted by Crippen LogP contribution is 2.37. The van der Waals surface area contributed by atoms with Gasteiger partial charge in [0.1, 0.15) is 11.5 Å². The normalized spacial score (nSPS) is 10.9. The van der Waals surface area contributed by atoms with Crippen LogP contribution in [-0.2, 0) is 4.79 Å². The number of rotatable bonds is 7. The Morgan fingerprint density at radius 2 is 1.39 bits per heavy atom. The lowest BCUT2D eigenvalue weighted by Gasteiger charge is -2.18. The molecule has 2 rings (SSSR count). The lowest BCUT2D eigenvalue weighted by atomic mass is 10.2. The van der Waals surface area contributed by atoms with Crippen LogP contribution in [0.4, 0.5) is 24.5 Å². The number of carbonyl (C=O) groups excluding carboxylic acids is 2. The lowest BCUT2D eigenvalue weighted by Crippen LogP contribution is -2.30. The van der Waals surface area contributed by atoms with Gasteiger partial charge in [0, 0.05) is 17.7 Å². The van der Waals surface area contributed by atoms with Gasteiger partial charge in [0.15, 0.2) is 0 Å². The van der Waals surface area contributed by atoms with Gasteiger partial charge in [-0.05, 0) is 26.0 Å². The molecule has 2 amide bonds. The van der Waals surface area contributed by atoms with Crippen molar-refractivity contribution in [3.05, 3.63) is 48.0 Å². The summed E-state index contributed by atoms with van der Waals surface area (Å²) < 4.78 is 48.5. The van der Waals surface area contributed by atoms with Gasteiger partial charge in [0.25, 0.3) is 5.91 Å². The quantitative estimate of drug-likeness (QED) is 0.734. The van der Waals surface area contributed by atoms with Crippen LogP contribution in [-0.4, -0.2) is 31.2 Å². The maximum Gasteiger partial charge on any atom is 0.471 e. The first-order valence-corrected chi connectivity index (χ1v) is 8.44. The van der Waals surface area contributed by atoms with Gasteiger partial charge in [-0.25, -0.2) is 0 Å². The van der Waals surface area contributed by atoms with E-state index in [1.807, 2.05) is 0 Å². The maximum absolute atomic E-state index is 12.6. The number of halogens is 3. The second kappa shape index (κ2) is 9.12. The minimum atomic E-state index is -5.06. The van der Waals surface area contributed by atoms with Crippen LogP contribution in [0.1, 0.15) is 24.2 Å². The Morgan fingerprint density at radius 3 is 1.86 bits per heavy atom. The molecule has 0 aliphatic heterocycles. The first-order valence-electron chi connectivity index (χ1n) is 8.44. The fourth-order valence-corrected chi connectivity index (χ4v) is 2.28. The van der Waals surface area contributed by atoms with Gasteiger partial charge in [0.2, 0.25) is 0 Å². The summed E-state index contributed by atoms with van der Waals surface area (Å²) in [6.07, 6.45) is -5.06. The molecule has 2 N–H and O–H groups in total. The molecular weight excluding hydrogens is 377 g/mol. The molecule has 0 unspecified atom stereocenters. The van der Waals surface area contributed by atoms with E-state index >= 15 is 0 Å². The van der Waals surface area contributed by atoms with Crippen molar-refractivity contribution < 1.29 is 32.2 Å². The number of hydrogen-bond donors (Lipinski definition) is 2. The molecule has 6 nitrogen and oxygen atoms in total. The van der Waals surface area contributed by atoms with Gasteiger partial charge in [-0.15, -0.1) is 0 Å². The highest BCUT2D eigenvalue weighted by atomic mass is 19.4. The zero-order valence-corrected chi connectivity index (χ0v) is 15.2. The molecule has 0 heterocycles. The average molecular weight is 396 g/mol. The van der Waals surface area contributed by atoms with Crippen molar-refractivity contribution in [3.8, 4) is 11.5 Å². The molecule has 28 heavy (non-hydrogen) atoms. The van der Waals surface area contributed by atoms with Crippen LogP contribution in [0.5, 0.6) is 11.5 Å². The first-order chi connectivity index (χ1) is 13.3. The molecule has 0 bridgehead atoms. The Labute approximate surface area is 159 Å². The Morgan fingerprint density at radius 1 is 0.893 bits per heavy atom. The van der Waals surface area contributed by atoms with Crippen molar-refractivity contribution in [2.75, 3.05) is 23.8 Å². The molecule has 2 aromatic carbocycles. The second-order valence-electron chi connectivity index (χ2n) is 5.48. The monoisotopic (exact) mass is 396 g/mol. The van der Waals surface area contributed by atoms with Gasteiger partial charge < -0.3 is 20.1 Å². The lowest BCUT2D eigenvalue weighted by molar-refractivity contribution is -0.167. The summed E-state index contributed by atoms with van der Waals surface area (Å²) in [5.41, 5.74) is 0.367. The van der Waals surface area contributed by atoms with Gasteiger partial charge >= 0.3 is 12.1 Å². The number of alkyl halides is 3. The second-order valence-corrected chi connectivity index (χ2v) is 5.48. The summed E-state index contributed by atoms with van der Waals surface area (Å²) in [5.74, 6) is -2.52. The zero-order valence-electron chi connectivity index (χ0n) is 15.2. The van der Waals surface area contributed by atoms with Crippen LogP contribution in [0.25, 0.3) is 0 Å². The van der Waals surface area contributed by atoms with Crippen LogP contribution >= 0.6 is 0 Å². The molecule has 0 aromatic heterocycles. The van der Waals surface area contributed by atoms with Crippen molar-refractivity contribution in [2.24, 2.45) is 0 Å². The highest BCUT2D eigenvalue weighted by Gasteiger charge is 2.39. The number of carbonyl (C=O) groups is 2. The molecule has 0 saturated carbocycles. The van der Waals surface area contributed by atoms with Gasteiger partial charge in [0.05, 0.1) is 24.6 Å². The van der Waals surface area contributed by atoms with Gasteiger partial charge in [-0.3, -0.25) is 9.59 Å². The Hall–Kier alpha value is -3.23. The summed E-state index contributed by atoms with van der Waals surface area (Å²) in [4.78, 5) is 23.7. The number of anilines is 2. The van der Waals surface area contributed by atoms with Crippen LogP contribution in [0.3, 0.4) is 0 Å². The van der Waals surface area contributed by atoms with Crippen LogP contribution in [0.15, 0.2) is 42.5 Å². The third-order valence-corrected chi connectivity index (χ3v) is 3.47. The zero-order chi connectivity index (χ0) is 20.7. The molecule has 0 atom stereocenters. The molecule has 0 spiro atoms. The summed E-state index contributed by atoms with van der Waals surface area (Å²) in [6, 6.07) is 10.8. The Balaban J connectivity index is 2.40. The van der Waals surface area contributed by atoms with E-state index in [4.69, 9.17) is 9.47 Å². The number of benzene rings is 2. The average Bonchev–Trinajstić information content (AvgIpc) is 2.65. The van der Waals surface area contributed by atoms with Crippen LogP contribution < -0.4 is 20.1 Å². The van der Waals surface area contributed by atoms with E-state index in [1.54, 1.807) is 49.5 Å². The fraction of sp³-hybridized carbons (Fsp3) is 0.263. The van der Waals surface area contributed by atoms with E-state index in [1.165, 1.54) is 12.1 Å². The third-order valence-electron chi connectivity index (χ3n) is 3.47. The summed E-state index contributed by atoms with van der Waals surface area (Å²) in [6.45, 7) is 3.63. The topological polar surface area (TPSA) is 76.7 Å². The van der Waals surface area contributed by atoms with Crippen LogP contribution in [0.2, 0.25) is 0 Å². The van der Waals surface area contributed by atoms with E-state index in [0.29, 0.717) is 5.56 Å². The molecule has 2 aromatic rings. The number of nitrogens with one attached hydrogen (secondary N) is 2. The largest absolute Gasteiger partial charge is 0.492 e. The molecule has 0 saturated heterocycles. The predicted octanol–water partition coefficient (Wildman–Crippen LogP) is 4.24. The van der Waals surface area contributed by atoms with E-state index in [0.717, 1.165) is 0 Å². The highest BCUT2D eigenvalue weighted by molar-refractivity contribution is 6.05. The Bertz CT molecular complexity index is 839. The third kappa shape index (κ3) is 5.38. The van der Waals surface area contributed by atoms with Gasteiger partial charge in [-0.1, -0.05) is 18.2 Å².